The number of hydrogen-bond donors (Lipinski definition) is 1. The predicted octanol–water partition coefficient (Wildman–Crippen LogP) is 9.34. The van der Waals surface area contributed by atoms with E-state index in [0.717, 1.165) is 27.8 Å². The maximum atomic E-state index is 13.8. The molecule has 1 amide bonds. The van der Waals surface area contributed by atoms with E-state index in [1.54, 1.807) is 29.2 Å². The number of amides is 1. The largest absolute Gasteiger partial charge is 0.410 e. The van der Waals surface area contributed by atoms with E-state index >= 15 is 0 Å². The molecule has 2 N–H and O–H groups in total. The third kappa shape index (κ3) is 6.70. The topological polar surface area (TPSA) is 55.6 Å². The zero-order valence-corrected chi connectivity index (χ0v) is 27.2. The molecule has 1 heterocycles. The zero-order valence-electron chi connectivity index (χ0n) is 26.2. The van der Waals surface area contributed by atoms with E-state index < -0.39 is 8.32 Å². The molecule has 0 unspecified atom stereocenters. The van der Waals surface area contributed by atoms with Crippen LogP contribution in [0.3, 0.4) is 0 Å². The Bertz CT molecular complexity index is 1580. The Kier molecular flexibility index (Phi) is 9.21. The highest BCUT2D eigenvalue weighted by molar-refractivity contribution is 6.74. The maximum absolute atomic E-state index is 13.8. The van der Waals surface area contributed by atoms with E-state index in [4.69, 9.17) is 10.2 Å². The van der Waals surface area contributed by atoms with E-state index in [0.29, 0.717) is 25.1 Å². The van der Waals surface area contributed by atoms with Crippen LogP contribution >= 0.6 is 0 Å². The first-order valence-electron chi connectivity index (χ1n) is 15.3. The summed E-state index contributed by atoms with van der Waals surface area (Å²) in [5.74, 6) is -0.907. The second-order valence-electron chi connectivity index (χ2n) is 13.3. The van der Waals surface area contributed by atoms with Gasteiger partial charge in [-0.25, -0.2) is 8.78 Å². The number of hydrogen-bond acceptors (Lipinski definition) is 3. The molecule has 1 fully saturated rings. The molecule has 1 saturated heterocycles. The Morgan fingerprint density at radius 2 is 1.48 bits per heavy atom. The Hall–Kier alpha value is -3.65. The van der Waals surface area contributed by atoms with Gasteiger partial charge in [0.05, 0.1) is 18.1 Å². The second-order valence-corrected chi connectivity index (χ2v) is 18.0. The van der Waals surface area contributed by atoms with Gasteiger partial charge >= 0.3 is 0 Å². The van der Waals surface area contributed by atoms with Crippen LogP contribution in [0.25, 0.3) is 11.1 Å². The summed E-state index contributed by atoms with van der Waals surface area (Å²) in [5, 5.41) is -0.00902. The van der Waals surface area contributed by atoms with Gasteiger partial charge in [-0.3, -0.25) is 4.79 Å². The van der Waals surface area contributed by atoms with Gasteiger partial charge in [-0.2, -0.15) is 0 Å². The molecule has 7 heteroatoms. The lowest BCUT2D eigenvalue weighted by molar-refractivity contribution is -0.131. The van der Waals surface area contributed by atoms with Gasteiger partial charge in [0, 0.05) is 12.2 Å². The lowest BCUT2D eigenvalue weighted by Crippen LogP contribution is -2.55. The summed E-state index contributed by atoms with van der Waals surface area (Å²) in [6.45, 7) is 11.5. The number of β-lactam (4-membered cyclic amide) rings is 1. The molecule has 4 aromatic carbocycles. The van der Waals surface area contributed by atoms with Crippen molar-refractivity contribution in [2.24, 2.45) is 11.7 Å². The summed E-state index contributed by atoms with van der Waals surface area (Å²) < 4.78 is 34.5. The number of carbonyl (C=O) groups excluding carboxylic acids is 1. The first kappa shape index (κ1) is 31.8. The van der Waals surface area contributed by atoms with Crippen molar-refractivity contribution in [3.8, 4) is 11.1 Å². The third-order valence-electron chi connectivity index (χ3n) is 9.29. The summed E-state index contributed by atoms with van der Waals surface area (Å²) in [7, 11) is -2.18. The van der Waals surface area contributed by atoms with E-state index in [-0.39, 0.29) is 40.6 Å². The predicted molar refractivity (Wildman–Crippen MR) is 177 cm³/mol. The van der Waals surface area contributed by atoms with E-state index in [1.165, 1.54) is 24.3 Å². The maximum Gasteiger partial charge on any atom is 0.233 e. The first-order valence-corrected chi connectivity index (χ1v) is 18.2. The standard InChI is InChI=1S/C37H42F2N2O2Si/c1-37(2,3)44(4,5)43-34(27-13-15-30(38)16-14-27)22-21-33-35(41(36(33)42)32-19-17-31(39)18-20-32)28-11-9-26(10-12-28)29-8-6-7-25(23-29)24-40/h6-20,23,33-35H,21-22,24,40H2,1-5H3/t33-,34+,35-/m1/s1. The monoisotopic (exact) mass is 612 g/mol. The molecular weight excluding hydrogens is 571 g/mol. The van der Waals surface area contributed by atoms with Gasteiger partial charge in [0.25, 0.3) is 0 Å². The van der Waals surface area contributed by atoms with Crippen LogP contribution in [0.5, 0.6) is 0 Å². The third-order valence-corrected chi connectivity index (χ3v) is 13.8. The second kappa shape index (κ2) is 12.8. The molecular formula is C37H42F2N2O2Si. The fraction of sp³-hybridized carbons (Fsp3) is 0.324. The van der Waals surface area contributed by atoms with Crippen LogP contribution in [0, 0.1) is 17.6 Å². The Balaban J connectivity index is 1.44. The van der Waals surface area contributed by atoms with Gasteiger partial charge in [0.15, 0.2) is 8.32 Å². The smallest absolute Gasteiger partial charge is 0.233 e. The molecule has 44 heavy (non-hydrogen) atoms. The van der Waals surface area contributed by atoms with Crippen LogP contribution in [-0.2, 0) is 15.8 Å². The molecule has 230 valence electrons. The fourth-order valence-electron chi connectivity index (χ4n) is 5.69. The first-order chi connectivity index (χ1) is 20.9. The molecule has 0 aliphatic carbocycles. The minimum atomic E-state index is -2.18. The van der Waals surface area contributed by atoms with Gasteiger partial charge < -0.3 is 15.1 Å². The number of nitrogens with zero attached hydrogens (tertiary/aromatic N) is 1. The highest BCUT2D eigenvalue weighted by Gasteiger charge is 2.49. The van der Waals surface area contributed by atoms with Crippen molar-refractivity contribution >= 4 is 19.9 Å². The summed E-state index contributed by atoms with van der Waals surface area (Å²) in [6.07, 6.45) is 0.951. The molecule has 4 nitrogen and oxygen atoms in total. The summed E-state index contributed by atoms with van der Waals surface area (Å²) >= 11 is 0. The van der Waals surface area contributed by atoms with Gasteiger partial charge in [0.2, 0.25) is 5.91 Å². The molecule has 1 aliphatic rings. The molecule has 4 aromatic rings. The van der Waals surface area contributed by atoms with Crippen LogP contribution < -0.4 is 10.6 Å². The van der Waals surface area contributed by atoms with Crippen molar-refractivity contribution in [2.45, 2.75) is 70.4 Å². The zero-order chi connectivity index (χ0) is 31.6. The molecule has 3 atom stereocenters. The number of halogens is 2. The van der Waals surface area contributed by atoms with Gasteiger partial charge in [0.1, 0.15) is 11.6 Å². The van der Waals surface area contributed by atoms with Gasteiger partial charge in [-0.1, -0.05) is 75.4 Å². The van der Waals surface area contributed by atoms with Crippen molar-refractivity contribution in [1.29, 1.82) is 0 Å². The number of carbonyl (C=O) groups is 1. The Morgan fingerprint density at radius 1 is 0.864 bits per heavy atom. The summed E-state index contributed by atoms with van der Waals surface area (Å²) in [5.41, 5.74) is 11.7. The van der Waals surface area contributed by atoms with E-state index in [9.17, 15) is 13.6 Å². The van der Waals surface area contributed by atoms with Crippen LogP contribution in [-0.4, -0.2) is 14.2 Å². The lowest BCUT2D eigenvalue weighted by atomic mass is 9.78. The SMILES string of the molecule is CC(C)(C)[Si](C)(C)O[C@@H](CC[C@H]1C(=O)N(c2ccc(F)cc2)[C@@H]1c1ccc(-c2cccc(CN)c2)cc1)c1ccc(F)cc1. The molecule has 5 rings (SSSR count). The molecule has 0 radical (unpaired) electrons. The summed E-state index contributed by atoms with van der Waals surface area (Å²) in [4.78, 5) is 15.5. The Labute approximate surface area is 261 Å². The van der Waals surface area contributed by atoms with Crippen molar-refractivity contribution < 1.29 is 18.0 Å². The highest BCUT2D eigenvalue weighted by atomic mass is 28.4. The highest BCUT2D eigenvalue weighted by Crippen LogP contribution is 2.48. The quantitative estimate of drug-likeness (QED) is 0.143. The average Bonchev–Trinajstić information content (AvgIpc) is 3.00. The normalized spacial score (nSPS) is 17.8. The summed E-state index contributed by atoms with van der Waals surface area (Å²) in [6, 6.07) is 28.9. The van der Waals surface area contributed by atoms with Gasteiger partial charge in [-0.15, -0.1) is 0 Å². The van der Waals surface area contributed by atoms with Crippen LogP contribution in [0.15, 0.2) is 97.1 Å². The van der Waals surface area contributed by atoms with Crippen LogP contribution in [0.4, 0.5) is 14.5 Å². The minimum Gasteiger partial charge on any atom is -0.410 e. The molecule has 0 aromatic heterocycles. The van der Waals surface area contributed by atoms with E-state index in [1.807, 2.05) is 12.1 Å². The number of benzene rings is 4. The molecule has 0 spiro atoms. The molecule has 1 aliphatic heterocycles. The molecule has 0 bridgehead atoms. The van der Waals surface area contributed by atoms with Crippen molar-refractivity contribution in [3.05, 3.63) is 125 Å². The number of nitrogens with two attached hydrogens (primary N) is 1. The molecule has 0 saturated carbocycles. The minimum absolute atomic E-state index is 0.00603. The number of anilines is 1. The van der Waals surface area contributed by atoms with Crippen LogP contribution in [0.1, 0.15) is 62.4 Å². The Morgan fingerprint density at radius 3 is 2.07 bits per heavy atom. The van der Waals surface area contributed by atoms with Crippen molar-refractivity contribution in [2.75, 3.05) is 4.90 Å². The fourth-order valence-corrected chi connectivity index (χ4v) is 7.00. The van der Waals surface area contributed by atoms with E-state index in [2.05, 4.69) is 70.3 Å². The van der Waals surface area contributed by atoms with Crippen LogP contribution in [0.2, 0.25) is 18.1 Å². The lowest BCUT2D eigenvalue weighted by Gasteiger charge is -2.48. The van der Waals surface area contributed by atoms with Crippen molar-refractivity contribution in [1.82, 2.24) is 0 Å². The number of rotatable bonds is 10. The average molecular weight is 613 g/mol. The van der Waals surface area contributed by atoms with Gasteiger partial charge in [-0.05, 0) is 101 Å². The van der Waals surface area contributed by atoms with Crippen molar-refractivity contribution in [3.63, 3.8) is 0 Å².